The van der Waals surface area contributed by atoms with Gasteiger partial charge in [-0.05, 0) is 44.5 Å². The largest absolute Gasteiger partial charge is 0.306 e. The van der Waals surface area contributed by atoms with Crippen molar-refractivity contribution in [1.82, 2.24) is 15.1 Å². The molecule has 1 aromatic carbocycles. The predicted molar refractivity (Wildman–Crippen MR) is 74.3 cm³/mol. The van der Waals surface area contributed by atoms with E-state index in [2.05, 4.69) is 31.2 Å². The number of nitrogens with zero attached hydrogens (tertiary/aromatic N) is 2. The van der Waals surface area contributed by atoms with E-state index in [1.807, 2.05) is 16.8 Å². The van der Waals surface area contributed by atoms with Crippen LogP contribution in [0.1, 0.15) is 32.0 Å². The Kier molecular flexibility index (Phi) is 4.00. The van der Waals surface area contributed by atoms with Crippen LogP contribution in [0.5, 0.6) is 0 Å². The van der Waals surface area contributed by atoms with E-state index in [1.54, 1.807) is 18.3 Å². The highest BCUT2D eigenvalue weighted by atomic mass is 19.1. The first kappa shape index (κ1) is 13.7. The Labute approximate surface area is 113 Å². The van der Waals surface area contributed by atoms with Crippen LogP contribution >= 0.6 is 0 Å². The summed E-state index contributed by atoms with van der Waals surface area (Å²) in [6.07, 6.45) is 1.78. The smallest absolute Gasteiger partial charge is 0.123 e. The summed E-state index contributed by atoms with van der Waals surface area (Å²) in [5.41, 5.74) is 2.08. The number of nitrogens with one attached hydrogen (secondary N) is 1. The predicted octanol–water partition coefficient (Wildman–Crippen LogP) is 2.96. The minimum absolute atomic E-state index is 0.0634. The van der Waals surface area contributed by atoms with Crippen LogP contribution in [0.3, 0.4) is 0 Å². The van der Waals surface area contributed by atoms with E-state index >= 15 is 0 Å². The summed E-state index contributed by atoms with van der Waals surface area (Å²) in [5.74, 6) is -0.209. The van der Waals surface area contributed by atoms with Gasteiger partial charge in [-0.15, -0.1) is 0 Å². The molecular weight excluding hydrogens is 241 g/mol. The highest BCUT2D eigenvalue weighted by molar-refractivity contribution is 5.17. The fraction of sp³-hybridized carbons (Fsp3) is 0.400. The molecule has 3 nitrogen and oxygen atoms in total. The Bertz CT molecular complexity index is 540. The molecule has 0 aliphatic rings. The van der Waals surface area contributed by atoms with Gasteiger partial charge in [-0.2, -0.15) is 5.10 Å². The lowest BCUT2D eigenvalue weighted by Gasteiger charge is -2.20. The first-order chi connectivity index (χ1) is 8.94. The molecule has 2 aromatic rings. The summed E-state index contributed by atoms with van der Waals surface area (Å²) in [6.45, 7) is 7.71. The Morgan fingerprint density at radius 2 is 2.05 bits per heavy atom. The molecule has 1 N–H and O–H groups in total. The van der Waals surface area contributed by atoms with Crippen molar-refractivity contribution in [2.24, 2.45) is 0 Å². The molecule has 0 spiro atoms. The topological polar surface area (TPSA) is 29.9 Å². The maximum absolute atomic E-state index is 13.2. The van der Waals surface area contributed by atoms with Crippen molar-refractivity contribution in [3.63, 3.8) is 0 Å². The van der Waals surface area contributed by atoms with Crippen LogP contribution in [0, 0.1) is 5.82 Å². The fourth-order valence-corrected chi connectivity index (χ4v) is 1.82. The van der Waals surface area contributed by atoms with Crippen molar-refractivity contribution in [3.05, 3.63) is 53.6 Å². The second-order valence-corrected chi connectivity index (χ2v) is 5.71. The van der Waals surface area contributed by atoms with E-state index in [0.717, 1.165) is 17.8 Å². The van der Waals surface area contributed by atoms with Gasteiger partial charge in [0.05, 0.1) is 12.2 Å². The number of rotatable bonds is 4. The van der Waals surface area contributed by atoms with Gasteiger partial charge >= 0.3 is 0 Å². The molecule has 2 rings (SSSR count). The fourth-order valence-electron chi connectivity index (χ4n) is 1.82. The van der Waals surface area contributed by atoms with Gasteiger partial charge in [-0.3, -0.25) is 4.68 Å². The summed E-state index contributed by atoms with van der Waals surface area (Å²) < 4.78 is 15.1. The molecule has 0 radical (unpaired) electrons. The molecule has 0 atom stereocenters. The zero-order valence-corrected chi connectivity index (χ0v) is 11.7. The average molecular weight is 261 g/mol. The zero-order chi connectivity index (χ0) is 13.9. The van der Waals surface area contributed by atoms with E-state index in [-0.39, 0.29) is 11.4 Å². The van der Waals surface area contributed by atoms with Crippen LogP contribution in [0.4, 0.5) is 4.39 Å². The van der Waals surface area contributed by atoms with Crippen molar-refractivity contribution in [1.29, 1.82) is 0 Å². The van der Waals surface area contributed by atoms with Crippen LogP contribution in [-0.4, -0.2) is 15.3 Å². The molecule has 4 heteroatoms. The summed E-state index contributed by atoms with van der Waals surface area (Å²) in [5, 5.41) is 7.72. The van der Waals surface area contributed by atoms with Crippen LogP contribution in [0.25, 0.3) is 0 Å². The molecule has 102 valence electrons. The average Bonchev–Trinajstić information content (AvgIpc) is 2.73. The van der Waals surface area contributed by atoms with Gasteiger partial charge in [-0.1, -0.05) is 12.1 Å². The van der Waals surface area contributed by atoms with Crippen molar-refractivity contribution in [3.8, 4) is 0 Å². The third kappa shape index (κ3) is 4.17. The SMILES string of the molecule is CC(C)(C)NCc1ccnn1Cc1cccc(F)c1. The van der Waals surface area contributed by atoms with E-state index in [0.29, 0.717) is 6.54 Å². The highest BCUT2D eigenvalue weighted by Crippen LogP contribution is 2.09. The second kappa shape index (κ2) is 5.53. The minimum Gasteiger partial charge on any atom is -0.306 e. The van der Waals surface area contributed by atoms with Crippen molar-refractivity contribution in [2.75, 3.05) is 0 Å². The third-order valence-electron chi connectivity index (χ3n) is 2.83. The van der Waals surface area contributed by atoms with Crippen LogP contribution in [0.2, 0.25) is 0 Å². The third-order valence-corrected chi connectivity index (χ3v) is 2.83. The molecule has 19 heavy (non-hydrogen) atoms. The lowest BCUT2D eigenvalue weighted by Crippen LogP contribution is -2.35. The molecule has 0 unspecified atom stereocenters. The first-order valence-electron chi connectivity index (χ1n) is 6.44. The van der Waals surface area contributed by atoms with Gasteiger partial charge in [0.15, 0.2) is 0 Å². The second-order valence-electron chi connectivity index (χ2n) is 5.71. The quantitative estimate of drug-likeness (QED) is 0.917. The van der Waals surface area contributed by atoms with Gasteiger partial charge < -0.3 is 5.32 Å². The number of hydrogen-bond donors (Lipinski definition) is 1. The Morgan fingerprint density at radius 3 is 2.74 bits per heavy atom. The lowest BCUT2D eigenvalue weighted by atomic mass is 10.1. The van der Waals surface area contributed by atoms with E-state index in [4.69, 9.17) is 0 Å². The van der Waals surface area contributed by atoms with E-state index in [1.165, 1.54) is 6.07 Å². The Hall–Kier alpha value is -1.68. The van der Waals surface area contributed by atoms with Crippen LogP contribution in [0.15, 0.2) is 36.5 Å². The molecule has 0 saturated carbocycles. The zero-order valence-electron chi connectivity index (χ0n) is 11.7. The molecule has 0 aliphatic heterocycles. The van der Waals surface area contributed by atoms with E-state index < -0.39 is 0 Å². The molecule has 0 fully saturated rings. The maximum Gasteiger partial charge on any atom is 0.123 e. The Morgan fingerprint density at radius 1 is 1.26 bits per heavy atom. The van der Waals surface area contributed by atoms with Crippen molar-refractivity contribution >= 4 is 0 Å². The van der Waals surface area contributed by atoms with Crippen molar-refractivity contribution in [2.45, 2.75) is 39.4 Å². The molecule has 0 bridgehead atoms. The number of benzene rings is 1. The molecule has 0 amide bonds. The van der Waals surface area contributed by atoms with Gasteiger partial charge in [0.2, 0.25) is 0 Å². The van der Waals surface area contributed by atoms with Gasteiger partial charge in [0.25, 0.3) is 0 Å². The number of hydrogen-bond acceptors (Lipinski definition) is 2. The summed E-state index contributed by atoms with van der Waals surface area (Å²) in [6, 6.07) is 8.61. The summed E-state index contributed by atoms with van der Waals surface area (Å²) in [7, 11) is 0. The van der Waals surface area contributed by atoms with Gasteiger partial charge in [0, 0.05) is 18.3 Å². The maximum atomic E-state index is 13.2. The molecule has 0 saturated heterocycles. The Balaban J connectivity index is 2.07. The minimum atomic E-state index is -0.209. The summed E-state index contributed by atoms with van der Waals surface area (Å²) in [4.78, 5) is 0. The summed E-state index contributed by atoms with van der Waals surface area (Å²) >= 11 is 0. The van der Waals surface area contributed by atoms with Gasteiger partial charge in [-0.25, -0.2) is 4.39 Å². The highest BCUT2D eigenvalue weighted by Gasteiger charge is 2.10. The van der Waals surface area contributed by atoms with E-state index in [9.17, 15) is 4.39 Å². The molecular formula is C15H20FN3. The monoisotopic (exact) mass is 261 g/mol. The van der Waals surface area contributed by atoms with Crippen LogP contribution in [-0.2, 0) is 13.1 Å². The number of halogens is 1. The van der Waals surface area contributed by atoms with Gasteiger partial charge in [0.1, 0.15) is 5.82 Å². The molecule has 1 aromatic heterocycles. The molecule has 1 heterocycles. The first-order valence-corrected chi connectivity index (χ1v) is 6.44. The lowest BCUT2D eigenvalue weighted by molar-refractivity contribution is 0.414. The number of aromatic nitrogens is 2. The normalized spacial score (nSPS) is 11.8. The molecule has 0 aliphatic carbocycles. The standard InChI is InChI=1S/C15H20FN3/c1-15(2,3)17-10-14-7-8-18-19(14)11-12-5-4-6-13(16)9-12/h4-9,17H,10-11H2,1-3H3. The van der Waals surface area contributed by atoms with Crippen molar-refractivity contribution < 1.29 is 4.39 Å². The van der Waals surface area contributed by atoms with Crippen LogP contribution < -0.4 is 5.32 Å².